The summed E-state index contributed by atoms with van der Waals surface area (Å²) in [4.78, 5) is 16.9. The fraction of sp³-hybridized carbons (Fsp3) is 0.862. The minimum Gasteiger partial charge on any atom is -0.492 e. The van der Waals surface area contributed by atoms with Gasteiger partial charge in [0.2, 0.25) is 5.91 Å². The van der Waals surface area contributed by atoms with Gasteiger partial charge < -0.3 is 79.3 Å². The van der Waals surface area contributed by atoms with Gasteiger partial charge in [0.15, 0.2) is 12.2 Å². The normalized spacial score (nSPS) is 41.8. The fourth-order valence-electron chi connectivity index (χ4n) is 7.14. The molecule has 4 aliphatic rings. The molecule has 1 amide bonds. The zero-order valence-corrected chi connectivity index (χ0v) is 26.7. The van der Waals surface area contributed by atoms with Crippen LogP contribution >= 0.6 is 0 Å². The molecular weight excluding hydrogens is 602 g/mol. The maximum atomic E-state index is 13.1. The molecule has 17 heteroatoms. The topological polar surface area (TPSA) is 304 Å². The van der Waals surface area contributed by atoms with E-state index in [1.165, 1.54) is 6.92 Å². The average molecular weight is 658 g/mol. The lowest BCUT2D eigenvalue weighted by molar-refractivity contribution is -0.297. The summed E-state index contributed by atoms with van der Waals surface area (Å²) in [5.74, 6) is -0.568. The molecular formula is C29H55N9O8. The molecule has 0 bridgehead atoms. The second-order valence-corrected chi connectivity index (χ2v) is 13.4. The molecule has 0 aromatic carbocycles. The van der Waals surface area contributed by atoms with E-state index in [9.17, 15) is 25.2 Å². The van der Waals surface area contributed by atoms with Crippen LogP contribution in [-0.2, 0) is 19.0 Å². The van der Waals surface area contributed by atoms with E-state index >= 15 is 0 Å². The Morgan fingerprint density at radius 3 is 2.54 bits per heavy atom. The number of nitrogens with two attached hydrogens (primary N) is 5. The summed E-state index contributed by atoms with van der Waals surface area (Å²) < 4.78 is 18.4. The molecule has 0 spiro atoms. The monoisotopic (exact) mass is 657 g/mol. The number of aliphatic hydroxyl groups is 4. The number of carbonyl (C=O) groups excluding carboxylic acids is 1. The third-order valence-electron chi connectivity index (χ3n) is 9.71. The Kier molecular flexibility index (Phi) is 12.6. The lowest BCUT2D eigenvalue weighted by Crippen LogP contribution is -2.69. The number of aliphatic imine (C=N–C) groups is 1. The summed E-state index contributed by atoms with van der Waals surface area (Å²) in [7, 11) is 1.59. The quantitative estimate of drug-likeness (QED) is 0.0652. The van der Waals surface area contributed by atoms with Crippen molar-refractivity contribution in [3.63, 3.8) is 0 Å². The predicted octanol–water partition coefficient (Wildman–Crippen LogP) is -5.03. The third-order valence-corrected chi connectivity index (χ3v) is 9.71. The van der Waals surface area contributed by atoms with Gasteiger partial charge in [0, 0.05) is 37.0 Å². The second kappa shape index (κ2) is 15.8. The average Bonchev–Trinajstić information content (AvgIpc) is 2.97. The highest BCUT2D eigenvalue weighted by molar-refractivity contribution is 5.81. The Morgan fingerprint density at radius 1 is 1.20 bits per heavy atom. The van der Waals surface area contributed by atoms with Crippen molar-refractivity contribution in [1.29, 1.82) is 0 Å². The first kappa shape index (κ1) is 36.7. The van der Waals surface area contributed by atoms with Crippen molar-refractivity contribution in [2.24, 2.45) is 45.5 Å². The van der Waals surface area contributed by atoms with Gasteiger partial charge in [0.1, 0.15) is 35.8 Å². The molecule has 2 heterocycles. The van der Waals surface area contributed by atoms with Crippen LogP contribution in [0.1, 0.15) is 39.0 Å². The summed E-state index contributed by atoms with van der Waals surface area (Å²) >= 11 is 0. The van der Waals surface area contributed by atoms with E-state index < -0.39 is 72.4 Å². The second-order valence-electron chi connectivity index (χ2n) is 13.4. The maximum Gasteiger partial charge on any atom is 0.249 e. The molecule has 1 saturated heterocycles. The molecule has 4 rings (SSSR count). The van der Waals surface area contributed by atoms with Crippen molar-refractivity contribution in [2.75, 3.05) is 33.3 Å². The molecule has 12 atom stereocenters. The number of hydrogen-bond acceptors (Lipinski definition) is 14. The van der Waals surface area contributed by atoms with Crippen LogP contribution in [0, 0.1) is 11.8 Å². The van der Waals surface area contributed by atoms with E-state index in [0.29, 0.717) is 18.1 Å². The van der Waals surface area contributed by atoms with Crippen molar-refractivity contribution < 1.29 is 39.4 Å². The zero-order chi connectivity index (χ0) is 33.8. The Hall–Kier alpha value is -2.16. The van der Waals surface area contributed by atoms with E-state index in [1.54, 1.807) is 7.05 Å². The highest BCUT2D eigenvalue weighted by Crippen LogP contribution is 2.37. The molecule has 3 fully saturated rings. The van der Waals surface area contributed by atoms with Gasteiger partial charge in [-0.1, -0.05) is 0 Å². The molecule has 2 aliphatic heterocycles. The van der Waals surface area contributed by atoms with Gasteiger partial charge in [-0.15, -0.1) is 0 Å². The van der Waals surface area contributed by atoms with Crippen LogP contribution in [0.4, 0.5) is 0 Å². The van der Waals surface area contributed by atoms with Crippen LogP contribution < -0.4 is 44.6 Å². The highest BCUT2D eigenvalue weighted by Gasteiger charge is 2.54. The summed E-state index contributed by atoms with van der Waals surface area (Å²) in [6, 6.07) is -2.38. The third kappa shape index (κ3) is 8.65. The molecule has 1 unspecified atom stereocenters. The van der Waals surface area contributed by atoms with Crippen molar-refractivity contribution in [3.05, 3.63) is 11.8 Å². The standard InChI is InChI=1S/C29H55N9O8/c1-29(43)12-44-27(22(41)25(29)35-2)46-24-18(38-26(42)19(39)5-6-36-28(33)34)9-16(32)20(21(24)40)23-17(4-3-15(10-30)45-23)37-11-13-7-14(31)8-13/h3,13-14,16-25,27,35,37,39-41,43H,4-12,30-32H2,1-2H3,(H,38,42)(H4,33,34,36)/t13?,14?,16-,17+,18+,19-,20?,21-,22+,23-,24-,25+,27+,29-/m0/s1. The molecule has 17 nitrogen and oxygen atoms in total. The van der Waals surface area contributed by atoms with E-state index in [1.807, 2.05) is 6.08 Å². The molecule has 0 aromatic heterocycles. The van der Waals surface area contributed by atoms with E-state index in [0.717, 1.165) is 19.4 Å². The van der Waals surface area contributed by atoms with E-state index in [2.05, 4.69) is 20.9 Å². The van der Waals surface area contributed by atoms with Gasteiger partial charge in [0.25, 0.3) is 0 Å². The zero-order valence-electron chi connectivity index (χ0n) is 26.7. The summed E-state index contributed by atoms with van der Waals surface area (Å²) in [6.07, 6.45) is -2.66. The van der Waals surface area contributed by atoms with Gasteiger partial charge in [-0.25, -0.2) is 0 Å². The van der Waals surface area contributed by atoms with E-state index in [-0.39, 0.29) is 50.6 Å². The van der Waals surface area contributed by atoms with Crippen molar-refractivity contribution in [3.8, 4) is 0 Å². The van der Waals surface area contributed by atoms with Gasteiger partial charge in [-0.05, 0) is 58.2 Å². The summed E-state index contributed by atoms with van der Waals surface area (Å²) in [6.45, 7) is 2.28. The van der Waals surface area contributed by atoms with Crippen LogP contribution in [0.3, 0.4) is 0 Å². The molecule has 0 radical (unpaired) electrons. The number of carbonyl (C=O) groups is 1. The number of guanidine groups is 1. The fourth-order valence-corrected chi connectivity index (χ4v) is 7.14. The smallest absolute Gasteiger partial charge is 0.249 e. The van der Waals surface area contributed by atoms with Gasteiger partial charge >= 0.3 is 0 Å². The van der Waals surface area contributed by atoms with Gasteiger partial charge in [-0.2, -0.15) is 0 Å². The van der Waals surface area contributed by atoms with Crippen LogP contribution in [0.5, 0.6) is 0 Å². The number of nitrogens with zero attached hydrogens (tertiary/aromatic N) is 1. The summed E-state index contributed by atoms with van der Waals surface area (Å²) in [5, 5.41) is 53.6. The number of rotatable bonds is 13. The SMILES string of the molecule is CN[C@@H]1[C@@H](O)[C@@H](O[C@H]2[C@H](NC(=O)[C@@H](O)CCN=C(N)N)C[C@H](N)C([C@H]3OC(CN)=CC[C@H]3NCC3CC(N)C3)[C@@H]2O)OC[C@]1(C)O. The van der Waals surface area contributed by atoms with Crippen molar-refractivity contribution in [2.45, 2.75) is 112 Å². The van der Waals surface area contributed by atoms with Crippen LogP contribution in [0.15, 0.2) is 16.8 Å². The Balaban J connectivity index is 1.57. The van der Waals surface area contributed by atoms with Crippen molar-refractivity contribution >= 4 is 11.9 Å². The van der Waals surface area contributed by atoms with Crippen LogP contribution in [0.2, 0.25) is 0 Å². The van der Waals surface area contributed by atoms with Crippen LogP contribution in [-0.4, -0.2) is 138 Å². The molecule has 2 aliphatic carbocycles. The lowest BCUT2D eigenvalue weighted by atomic mass is 9.72. The predicted molar refractivity (Wildman–Crippen MR) is 169 cm³/mol. The number of ether oxygens (including phenoxy) is 3. The molecule has 2 saturated carbocycles. The largest absolute Gasteiger partial charge is 0.492 e. The first-order chi connectivity index (χ1) is 21.7. The Labute approximate surface area is 269 Å². The number of nitrogens with one attached hydrogen (secondary N) is 3. The Morgan fingerprint density at radius 2 is 1.91 bits per heavy atom. The van der Waals surface area contributed by atoms with Gasteiger partial charge in [0.05, 0.1) is 31.3 Å². The van der Waals surface area contributed by atoms with Gasteiger partial charge in [-0.3, -0.25) is 9.79 Å². The molecule has 17 N–H and O–H groups in total. The van der Waals surface area contributed by atoms with Crippen molar-refractivity contribution in [1.82, 2.24) is 16.0 Å². The first-order valence-electron chi connectivity index (χ1n) is 16.1. The lowest BCUT2D eigenvalue weighted by Gasteiger charge is -2.51. The molecule has 0 aromatic rings. The number of likely N-dealkylation sites (N-methyl/N-ethyl adjacent to an activating group) is 1. The number of aliphatic hydroxyl groups excluding tert-OH is 3. The highest BCUT2D eigenvalue weighted by atomic mass is 16.7. The maximum absolute atomic E-state index is 13.1. The number of amides is 1. The number of hydrogen-bond donors (Lipinski definition) is 12. The minimum absolute atomic E-state index is 0.0242. The first-order valence-corrected chi connectivity index (χ1v) is 16.1. The molecule has 264 valence electrons. The minimum atomic E-state index is -1.46. The van der Waals surface area contributed by atoms with E-state index in [4.69, 9.17) is 42.9 Å². The van der Waals surface area contributed by atoms with Crippen LogP contribution in [0.25, 0.3) is 0 Å². The Bertz CT molecular complexity index is 1070. The molecule has 46 heavy (non-hydrogen) atoms. The summed E-state index contributed by atoms with van der Waals surface area (Å²) in [5.41, 5.74) is 28.0.